The lowest BCUT2D eigenvalue weighted by molar-refractivity contribution is 0.626. The number of benzene rings is 1. The van der Waals surface area contributed by atoms with Gasteiger partial charge in [0.2, 0.25) is 0 Å². The van der Waals surface area contributed by atoms with Crippen molar-refractivity contribution < 1.29 is 4.42 Å². The predicted octanol–water partition coefficient (Wildman–Crippen LogP) is 1.77. The molecule has 4 heteroatoms. The molecule has 0 saturated carbocycles. The quantitative estimate of drug-likeness (QED) is 0.796. The summed E-state index contributed by atoms with van der Waals surface area (Å²) in [5, 5.41) is 0. The molecule has 0 amide bonds. The minimum Gasteiger partial charge on any atom is -0.424 e. The zero-order chi connectivity index (χ0) is 10.7. The summed E-state index contributed by atoms with van der Waals surface area (Å²) in [6, 6.07) is 5.95. The molecule has 0 saturated heterocycles. The third kappa shape index (κ3) is 2.16. The molecule has 0 unspecified atom stereocenters. The van der Waals surface area contributed by atoms with Crippen LogP contribution in [0.4, 0.5) is 6.01 Å². The number of nitrogen functional groups attached to an aromatic ring is 1. The third-order valence-electron chi connectivity index (χ3n) is 2.07. The molecule has 0 aliphatic heterocycles. The Labute approximate surface area is 87.6 Å². The smallest absolute Gasteiger partial charge is 0.292 e. The van der Waals surface area contributed by atoms with E-state index in [0.717, 1.165) is 17.5 Å². The normalized spacial score (nSPS) is 11.5. The summed E-state index contributed by atoms with van der Waals surface area (Å²) in [5.74, 6) is 0. The number of oxazole rings is 1. The van der Waals surface area contributed by atoms with Gasteiger partial charge in [0.15, 0.2) is 5.58 Å². The van der Waals surface area contributed by atoms with Crippen molar-refractivity contribution in [1.82, 2.24) is 4.98 Å². The summed E-state index contributed by atoms with van der Waals surface area (Å²) < 4.78 is 5.17. The van der Waals surface area contributed by atoms with Gasteiger partial charge in [-0.3, -0.25) is 0 Å². The fraction of sp³-hybridized carbons (Fsp3) is 0.182. The molecule has 1 aromatic carbocycles. The predicted molar refractivity (Wildman–Crippen MR) is 61.1 cm³/mol. The lowest BCUT2D eigenvalue weighted by atomic mass is 10.2. The SMILES string of the molecule is NCCC=Cc1ccc2oc(N)nc2c1. The molecular weight excluding hydrogens is 190 g/mol. The topological polar surface area (TPSA) is 78.1 Å². The number of anilines is 1. The summed E-state index contributed by atoms with van der Waals surface area (Å²) in [4.78, 5) is 4.05. The van der Waals surface area contributed by atoms with Crippen LogP contribution in [0, 0.1) is 0 Å². The first-order valence-corrected chi connectivity index (χ1v) is 4.82. The van der Waals surface area contributed by atoms with Crippen LogP contribution in [0.15, 0.2) is 28.7 Å². The molecule has 0 aliphatic carbocycles. The van der Waals surface area contributed by atoms with E-state index < -0.39 is 0 Å². The van der Waals surface area contributed by atoms with Crippen molar-refractivity contribution in [3.8, 4) is 0 Å². The zero-order valence-corrected chi connectivity index (χ0v) is 8.31. The van der Waals surface area contributed by atoms with E-state index in [1.165, 1.54) is 0 Å². The van der Waals surface area contributed by atoms with Gasteiger partial charge in [-0.2, -0.15) is 4.98 Å². The van der Waals surface area contributed by atoms with Gasteiger partial charge in [0, 0.05) is 0 Å². The van der Waals surface area contributed by atoms with E-state index in [1.54, 1.807) is 0 Å². The Bertz CT molecular complexity index is 488. The fourth-order valence-corrected chi connectivity index (χ4v) is 1.38. The molecule has 0 aliphatic rings. The highest BCUT2D eigenvalue weighted by Gasteiger charge is 2.01. The number of aromatic nitrogens is 1. The number of hydrogen-bond donors (Lipinski definition) is 2. The van der Waals surface area contributed by atoms with Gasteiger partial charge < -0.3 is 15.9 Å². The van der Waals surface area contributed by atoms with Crippen LogP contribution in [-0.2, 0) is 0 Å². The van der Waals surface area contributed by atoms with Gasteiger partial charge in [0.25, 0.3) is 6.01 Å². The second-order valence-electron chi connectivity index (χ2n) is 3.26. The van der Waals surface area contributed by atoms with Gasteiger partial charge in [0.1, 0.15) is 5.52 Å². The van der Waals surface area contributed by atoms with Crippen LogP contribution < -0.4 is 11.5 Å². The first kappa shape index (κ1) is 9.73. The fourth-order valence-electron chi connectivity index (χ4n) is 1.38. The second-order valence-corrected chi connectivity index (χ2v) is 3.26. The molecule has 15 heavy (non-hydrogen) atoms. The first-order chi connectivity index (χ1) is 7.29. The van der Waals surface area contributed by atoms with E-state index in [2.05, 4.69) is 4.98 Å². The van der Waals surface area contributed by atoms with Gasteiger partial charge in [-0.15, -0.1) is 0 Å². The molecule has 4 N–H and O–H groups in total. The van der Waals surface area contributed by atoms with Crippen molar-refractivity contribution >= 4 is 23.2 Å². The molecule has 4 nitrogen and oxygen atoms in total. The largest absolute Gasteiger partial charge is 0.424 e. The minimum absolute atomic E-state index is 0.202. The molecule has 78 valence electrons. The van der Waals surface area contributed by atoms with Gasteiger partial charge >= 0.3 is 0 Å². The second kappa shape index (κ2) is 4.14. The number of hydrogen-bond acceptors (Lipinski definition) is 4. The van der Waals surface area contributed by atoms with Crippen molar-refractivity contribution in [2.45, 2.75) is 6.42 Å². The number of fused-ring (bicyclic) bond motifs is 1. The molecule has 0 radical (unpaired) electrons. The Morgan fingerprint density at radius 3 is 3.07 bits per heavy atom. The highest BCUT2D eigenvalue weighted by Crippen LogP contribution is 2.18. The number of nitrogens with zero attached hydrogens (tertiary/aromatic N) is 1. The van der Waals surface area contributed by atoms with Crippen LogP contribution in [-0.4, -0.2) is 11.5 Å². The maximum absolute atomic E-state index is 5.45. The zero-order valence-electron chi connectivity index (χ0n) is 8.31. The number of nitrogens with two attached hydrogens (primary N) is 2. The molecule has 1 heterocycles. The van der Waals surface area contributed by atoms with Crippen LogP contribution in [0.3, 0.4) is 0 Å². The Hall–Kier alpha value is -1.81. The van der Waals surface area contributed by atoms with E-state index in [0.29, 0.717) is 12.1 Å². The number of rotatable bonds is 3. The average molecular weight is 203 g/mol. The Morgan fingerprint density at radius 1 is 1.40 bits per heavy atom. The van der Waals surface area contributed by atoms with Crippen LogP contribution in [0.1, 0.15) is 12.0 Å². The molecular formula is C11H13N3O. The van der Waals surface area contributed by atoms with E-state index >= 15 is 0 Å². The molecule has 1 aromatic heterocycles. The van der Waals surface area contributed by atoms with E-state index in [4.69, 9.17) is 15.9 Å². The Morgan fingerprint density at radius 2 is 2.27 bits per heavy atom. The molecule has 2 rings (SSSR count). The van der Waals surface area contributed by atoms with Crippen molar-refractivity contribution in [2.75, 3.05) is 12.3 Å². The maximum Gasteiger partial charge on any atom is 0.292 e. The summed E-state index contributed by atoms with van der Waals surface area (Å²) in [6.45, 7) is 0.662. The highest BCUT2D eigenvalue weighted by atomic mass is 16.4. The van der Waals surface area contributed by atoms with Crippen LogP contribution in [0.25, 0.3) is 17.2 Å². The Balaban J connectivity index is 2.30. The van der Waals surface area contributed by atoms with Crippen molar-refractivity contribution in [3.05, 3.63) is 29.8 Å². The summed E-state index contributed by atoms with van der Waals surface area (Å²) in [5.41, 5.74) is 13.4. The standard InChI is InChI=1S/C11H13N3O/c12-6-2-1-3-8-4-5-10-9(7-8)14-11(13)15-10/h1,3-5,7H,2,6,12H2,(H2,13,14). The van der Waals surface area contributed by atoms with Crippen LogP contribution >= 0.6 is 0 Å². The van der Waals surface area contributed by atoms with Gasteiger partial charge in [0.05, 0.1) is 0 Å². The van der Waals surface area contributed by atoms with Crippen LogP contribution in [0.5, 0.6) is 0 Å². The van der Waals surface area contributed by atoms with Crippen molar-refractivity contribution in [3.63, 3.8) is 0 Å². The van der Waals surface area contributed by atoms with Crippen molar-refractivity contribution in [1.29, 1.82) is 0 Å². The Kier molecular flexibility index (Phi) is 2.69. The van der Waals surface area contributed by atoms with Gasteiger partial charge in [-0.1, -0.05) is 18.2 Å². The van der Waals surface area contributed by atoms with Gasteiger partial charge in [-0.05, 0) is 30.7 Å². The van der Waals surface area contributed by atoms with Gasteiger partial charge in [-0.25, -0.2) is 0 Å². The summed E-state index contributed by atoms with van der Waals surface area (Å²) >= 11 is 0. The molecule has 0 spiro atoms. The van der Waals surface area contributed by atoms with Crippen LogP contribution in [0.2, 0.25) is 0 Å². The van der Waals surface area contributed by atoms with Crippen molar-refractivity contribution in [2.24, 2.45) is 5.73 Å². The monoisotopic (exact) mass is 203 g/mol. The molecule has 2 aromatic rings. The first-order valence-electron chi connectivity index (χ1n) is 4.82. The molecule has 0 fully saturated rings. The lowest BCUT2D eigenvalue weighted by Gasteiger charge is -1.92. The average Bonchev–Trinajstić information content (AvgIpc) is 2.57. The minimum atomic E-state index is 0.202. The molecule has 0 atom stereocenters. The third-order valence-corrected chi connectivity index (χ3v) is 2.07. The summed E-state index contributed by atoms with van der Waals surface area (Å²) in [6.07, 6.45) is 4.92. The highest BCUT2D eigenvalue weighted by molar-refractivity contribution is 5.77. The molecule has 0 bridgehead atoms. The van der Waals surface area contributed by atoms with E-state index in [1.807, 2.05) is 30.4 Å². The van der Waals surface area contributed by atoms with E-state index in [9.17, 15) is 0 Å². The van der Waals surface area contributed by atoms with E-state index in [-0.39, 0.29) is 6.01 Å². The lowest BCUT2D eigenvalue weighted by Crippen LogP contribution is -1.94. The maximum atomic E-state index is 5.45. The summed E-state index contributed by atoms with van der Waals surface area (Å²) in [7, 11) is 0.